The molecule has 1 amide bonds. The van der Waals surface area contributed by atoms with Crippen LogP contribution in [0.2, 0.25) is 5.02 Å². The molecular weight excluding hydrogens is 470 g/mol. The van der Waals surface area contributed by atoms with Gasteiger partial charge in [0.05, 0.1) is 34.5 Å². The third-order valence-electron chi connectivity index (χ3n) is 5.31. The zero-order valence-electron chi connectivity index (χ0n) is 19.0. The highest BCUT2D eigenvalue weighted by atomic mass is 35.5. The summed E-state index contributed by atoms with van der Waals surface area (Å²) in [5.41, 5.74) is 2.79. The molecule has 8 heteroatoms. The molecule has 0 atom stereocenters. The minimum absolute atomic E-state index is 0.0677. The van der Waals surface area contributed by atoms with Crippen LogP contribution in [0, 0.1) is 0 Å². The van der Waals surface area contributed by atoms with Gasteiger partial charge in [-0.2, -0.15) is 0 Å². The Morgan fingerprint density at radius 2 is 1.85 bits per heavy atom. The van der Waals surface area contributed by atoms with E-state index in [9.17, 15) is 9.59 Å². The lowest BCUT2D eigenvalue weighted by atomic mass is 10.0. The van der Waals surface area contributed by atoms with Crippen LogP contribution in [0.25, 0.3) is 16.6 Å². The number of hydrogen-bond donors (Lipinski definition) is 1. The number of amides is 1. The molecule has 0 unspecified atom stereocenters. The minimum Gasteiger partial charge on any atom is -0.495 e. The van der Waals surface area contributed by atoms with E-state index in [4.69, 9.17) is 21.3 Å². The molecule has 34 heavy (non-hydrogen) atoms. The molecule has 6 nitrogen and oxygen atoms in total. The number of carbonyl (C=O) groups excluding carboxylic acids is 1. The first-order valence-corrected chi connectivity index (χ1v) is 12.1. The summed E-state index contributed by atoms with van der Waals surface area (Å²) >= 11 is 7.37. The number of aromatic nitrogens is 2. The van der Waals surface area contributed by atoms with Crippen molar-refractivity contribution in [1.82, 2.24) is 9.55 Å². The van der Waals surface area contributed by atoms with Gasteiger partial charge < -0.3 is 10.1 Å². The van der Waals surface area contributed by atoms with Gasteiger partial charge in [-0.1, -0.05) is 67.5 Å². The molecule has 0 aliphatic rings. The van der Waals surface area contributed by atoms with Crippen molar-refractivity contribution in [1.29, 1.82) is 0 Å². The fourth-order valence-electron chi connectivity index (χ4n) is 3.67. The highest BCUT2D eigenvalue weighted by molar-refractivity contribution is 7.99. The number of nitrogens with zero attached hydrogens (tertiary/aromatic N) is 2. The molecule has 0 aliphatic carbocycles. The summed E-state index contributed by atoms with van der Waals surface area (Å²) < 4.78 is 6.76. The quantitative estimate of drug-likeness (QED) is 0.256. The number of halogens is 1. The summed E-state index contributed by atoms with van der Waals surface area (Å²) in [4.78, 5) is 31.0. The predicted molar refractivity (Wildman–Crippen MR) is 139 cm³/mol. The molecule has 0 fully saturated rings. The number of methoxy groups -OCH3 is 1. The molecule has 0 radical (unpaired) electrons. The number of para-hydroxylation sites is 2. The Bertz CT molecular complexity index is 1420. The van der Waals surface area contributed by atoms with Gasteiger partial charge in [0, 0.05) is 5.69 Å². The van der Waals surface area contributed by atoms with E-state index in [1.54, 1.807) is 34.9 Å². The van der Waals surface area contributed by atoms with Gasteiger partial charge in [0.2, 0.25) is 5.91 Å². The predicted octanol–water partition coefficient (Wildman–Crippen LogP) is 5.90. The van der Waals surface area contributed by atoms with Crippen LogP contribution in [0.15, 0.2) is 76.7 Å². The lowest BCUT2D eigenvalue weighted by Crippen LogP contribution is -2.24. The highest BCUT2D eigenvalue weighted by Gasteiger charge is 2.18. The second kappa shape index (κ2) is 10.3. The average molecular weight is 494 g/mol. The van der Waals surface area contributed by atoms with Gasteiger partial charge in [0.25, 0.3) is 5.56 Å². The third kappa shape index (κ3) is 4.95. The fourth-order valence-corrected chi connectivity index (χ4v) is 4.74. The molecule has 1 heterocycles. The molecular formula is C26H24ClN3O3S. The van der Waals surface area contributed by atoms with Gasteiger partial charge in [-0.15, -0.1) is 0 Å². The smallest absolute Gasteiger partial charge is 0.266 e. The first kappa shape index (κ1) is 23.9. The van der Waals surface area contributed by atoms with E-state index in [0.29, 0.717) is 32.5 Å². The molecule has 174 valence electrons. The summed E-state index contributed by atoms with van der Waals surface area (Å²) in [6.45, 7) is 4.16. The molecule has 0 saturated heterocycles. The van der Waals surface area contributed by atoms with Crippen LogP contribution in [0.4, 0.5) is 5.69 Å². The normalized spacial score (nSPS) is 11.1. The molecule has 0 saturated carbocycles. The number of rotatable bonds is 7. The van der Waals surface area contributed by atoms with E-state index >= 15 is 0 Å². The number of ether oxygens (including phenoxy) is 1. The van der Waals surface area contributed by atoms with Gasteiger partial charge in [-0.25, -0.2) is 4.98 Å². The zero-order chi connectivity index (χ0) is 24.2. The number of anilines is 1. The number of hydrogen-bond acceptors (Lipinski definition) is 5. The van der Waals surface area contributed by atoms with Crippen LogP contribution in [0.5, 0.6) is 5.75 Å². The Kier molecular flexibility index (Phi) is 7.24. The van der Waals surface area contributed by atoms with Crippen molar-refractivity contribution in [2.45, 2.75) is 24.9 Å². The van der Waals surface area contributed by atoms with Crippen LogP contribution in [-0.4, -0.2) is 28.3 Å². The van der Waals surface area contributed by atoms with Crippen molar-refractivity contribution in [2.75, 3.05) is 18.2 Å². The van der Waals surface area contributed by atoms with E-state index in [-0.39, 0.29) is 23.1 Å². The van der Waals surface area contributed by atoms with E-state index in [1.807, 2.05) is 36.4 Å². The van der Waals surface area contributed by atoms with Crippen molar-refractivity contribution < 1.29 is 9.53 Å². The van der Waals surface area contributed by atoms with Gasteiger partial charge >= 0.3 is 0 Å². The van der Waals surface area contributed by atoms with Crippen molar-refractivity contribution in [3.05, 3.63) is 87.7 Å². The molecule has 0 bridgehead atoms. The van der Waals surface area contributed by atoms with E-state index in [0.717, 1.165) is 11.3 Å². The second-order valence-corrected chi connectivity index (χ2v) is 9.30. The zero-order valence-corrected chi connectivity index (χ0v) is 20.6. The molecule has 1 N–H and O–H groups in total. The molecule has 1 aromatic heterocycles. The maximum atomic E-state index is 13.5. The average Bonchev–Trinajstić information content (AvgIpc) is 2.83. The lowest BCUT2D eigenvalue weighted by molar-refractivity contribution is -0.113. The summed E-state index contributed by atoms with van der Waals surface area (Å²) in [6, 6.07) is 20.1. The van der Waals surface area contributed by atoms with Crippen LogP contribution < -0.4 is 15.6 Å². The number of benzene rings is 3. The SMILES string of the molecule is COc1ccc(NC(=O)CSc2nc3ccccc3c(=O)n2-c2ccccc2C(C)C)cc1Cl. The lowest BCUT2D eigenvalue weighted by Gasteiger charge is -2.18. The maximum Gasteiger partial charge on any atom is 0.266 e. The first-order chi connectivity index (χ1) is 16.4. The second-order valence-electron chi connectivity index (χ2n) is 7.95. The molecule has 0 spiro atoms. The summed E-state index contributed by atoms with van der Waals surface area (Å²) in [5.74, 6) is 0.563. The Morgan fingerprint density at radius 3 is 2.59 bits per heavy atom. The molecule has 4 rings (SSSR count). The minimum atomic E-state index is -0.239. The summed E-state index contributed by atoms with van der Waals surface area (Å²) in [6.07, 6.45) is 0. The first-order valence-electron chi connectivity index (χ1n) is 10.8. The maximum absolute atomic E-state index is 13.5. The third-order valence-corrected chi connectivity index (χ3v) is 6.55. The van der Waals surface area contributed by atoms with Gasteiger partial charge in [0.1, 0.15) is 5.75 Å². The van der Waals surface area contributed by atoms with Crippen molar-refractivity contribution >= 4 is 45.9 Å². The monoisotopic (exact) mass is 493 g/mol. The largest absolute Gasteiger partial charge is 0.495 e. The Labute approximate surface area is 206 Å². The summed E-state index contributed by atoms with van der Waals surface area (Å²) in [7, 11) is 1.53. The van der Waals surface area contributed by atoms with E-state index < -0.39 is 0 Å². The molecule has 3 aromatic carbocycles. The van der Waals surface area contributed by atoms with Crippen LogP contribution in [0.1, 0.15) is 25.3 Å². The van der Waals surface area contributed by atoms with Crippen molar-refractivity contribution in [2.24, 2.45) is 0 Å². The van der Waals surface area contributed by atoms with E-state index in [1.165, 1.54) is 18.9 Å². The number of thioether (sulfide) groups is 1. The molecule has 4 aromatic rings. The van der Waals surface area contributed by atoms with Gasteiger partial charge in [-0.3, -0.25) is 14.2 Å². The van der Waals surface area contributed by atoms with Gasteiger partial charge in [0.15, 0.2) is 5.16 Å². The number of carbonyl (C=O) groups is 1. The Morgan fingerprint density at radius 1 is 1.12 bits per heavy atom. The van der Waals surface area contributed by atoms with Crippen LogP contribution >= 0.6 is 23.4 Å². The Hall–Kier alpha value is -3.29. The van der Waals surface area contributed by atoms with Crippen molar-refractivity contribution in [3.63, 3.8) is 0 Å². The topological polar surface area (TPSA) is 73.2 Å². The fraction of sp³-hybridized carbons (Fsp3) is 0.192. The van der Waals surface area contributed by atoms with E-state index in [2.05, 4.69) is 19.2 Å². The van der Waals surface area contributed by atoms with Crippen molar-refractivity contribution in [3.8, 4) is 11.4 Å². The van der Waals surface area contributed by atoms with Gasteiger partial charge in [-0.05, 0) is 47.9 Å². The molecule has 0 aliphatic heterocycles. The summed E-state index contributed by atoms with van der Waals surface area (Å²) in [5, 5.41) is 4.22. The van der Waals surface area contributed by atoms with Crippen LogP contribution in [0.3, 0.4) is 0 Å². The Balaban J connectivity index is 1.68. The standard InChI is InChI=1S/C26H24ClN3O3S/c1-16(2)18-8-5-7-11-22(18)30-25(32)19-9-4-6-10-21(19)29-26(30)34-15-24(31)28-17-12-13-23(33-3)20(27)14-17/h4-14,16H,15H2,1-3H3,(H,28,31). The number of nitrogens with one attached hydrogen (secondary N) is 1. The number of fused-ring (bicyclic) bond motifs is 1. The highest BCUT2D eigenvalue weighted by Crippen LogP contribution is 2.29. The van der Waals surface area contributed by atoms with Crippen LogP contribution in [-0.2, 0) is 4.79 Å².